The van der Waals surface area contributed by atoms with Crippen LogP contribution in [0.2, 0.25) is 0 Å². The van der Waals surface area contributed by atoms with Crippen molar-refractivity contribution in [1.29, 1.82) is 10.8 Å². The van der Waals surface area contributed by atoms with Crippen molar-refractivity contribution in [3.05, 3.63) is 12.3 Å². The molecular weight excluding hydrogens is 152 g/mol. The molecule has 0 heterocycles. The third kappa shape index (κ3) is 4790. The molecule has 0 atom stereocenters. The van der Waals surface area contributed by atoms with Gasteiger partial charge in [-0.15, -0.1) is 0 Å². The summed E-state index contributed by atoms with van der Waals surface area (Å²) in [7, 11) is 0. The summed E-state index contributed by atoms with van der Waals surface area (Å²) < 4.78 is 0. The minimum atomic E-state index is -0.0868. The van der Waals surface area contributed by atoms with Gasteiger partial charge in [-0.3, -0.25) is 0 Å². The van der Waals surface area contributed by atoms with Crippen molar-refractivity contribution in [3.8, 4) is 0 Å². The predicted molar refractivity (Wildman–Crippen MR) is 35.7 cm³/mol. The standard InChI is InChI=1S/C3H6O2.2CHNO/c4-2-1-3-5;2*2-1-3/h1-2,4-5H,3H2;2*2H. The molecule has 4 N–H and O–H groups in total. The number of isocyanates is 2. The van der Waals surface area contributed by atoms with Gasteiger partial charge in [0.25, 0.3) is 0 Å². The summed E-state index contributed by atoms with van der Waals surface area (Å²) in [5, 5.41) is 26.4. The van der Waals surface area contributed by atoms with Crippen molar-refractivity contribution in [3.63, 3.8) is 0 Å². The molecule has 0 aromatic heterocycles. The minimum absolute atomic E-state index is 0.0868. The molecule has 0 aliphatic carbocycles. The van der Waals surface area contributed by atoms with Gasteiger partial charge in [-0.1, -0.05) is 0 Å². The Morgan fingerprint density at radius 1 is 1.27 bits per heavy atom. The molecule has 6 heteroatoms. The van der Waals surface area contributed by atoms with E-state index < -0.39 is 0 Å². The van der Waals surface area contributed by atoms with Gasteiger partial charge in [-0.05, 0) is 6.08 Å². The number of aliphatic hydroxyl groups is 2. The fraction of sp³-hybridized carbons (Fsp3) is 0.200. The highest BCUT2D eigenvalue weighted by molar-refractivity contribution is 5.26. The Morgan fingerprint density at radius 3 is 1.55 bits per heavy atom. The predicted octanol–water partition coefficient (Wildman–Crippen LogP) is -0.148. The van der Waals surface area contributed by atoms with E-state index in [9.17, 15) is 0 Å². The highest BCUT2D eigenvalue weighted by atomic mass is 16.3. The maximum Gasteiger partial charge on any atom is 0.231 e. The van der Waals surface area contributed by atoms with E-state index in [1.165, 1.54) is 6.08 Å². The summed E-state index contributed by atoms with van der Waals surface area (Å²) in [6.07, 6.45) is 3.54. The molecule has 0 bridgehead atoms. The second-order valence-electron chi connectivity index (χ2n) is 0.771. The van der Waals surface area contributed by atoms with Crippen molar-refractivity contribution in [2.45, 2.75) is 0 Å². The Bertz CT molecular complexity index is 131. The highest BCUT2D eigenvalue weighted by Gasteiger charge is 1.54. The number of rotatable bonds is 1. The molecule has 0 unspecified atom stereocenters. The van der Waals surface area contributed by atoms with Gasteiger partial charge in [0.1, 0.15) is 0 Å². The van der Waals surface area contributed by atoms with Gasteiger partial charge in [0.2, 0.25) is 12.2 Å². The molecular formula is C5H8N2O4. The summed E-state index contributed by atoms with van der Waals surface area (Å²) in [6.45, 7) is -0.0868. The van der Waals surface area contributed by atoms with Crippen molar-refractivity contribution in [1.82, 2.24) is 0 Å². The van der Waals surface area contributed by atoms with Crippen LogP contribution < -0.4 is 0 Å². The maximum absolute atomic E-state index is 8.35. The fourth-order valence-corrected chi connectivity index (χ4v) is 0.0471. The second kappa shape index (κ2) is 41.0. The first-order chi connectivity index (χ1) is 5.24. The molecule has 11 heavy (non-hydrogen) atoms. The number of carbonyl (C=O) groups excluding carboxylic acids is 2. The molecule has 0 fully saturated rings. The second-order valence-corrected chi connectivity index (χ2v) is 0.771. The highest BCUT2D eigenvalue weighted by Crippen LogP contribution is 1.56. The summed E-state index contributed by atoms with van der Waals surface area (Å²) >= 11 is 0. The molecule has 0 saturated carbocycles. The summed E-state index contributed by atoms with van der Waals surface area (Å²) in [5.74, 6) is 0. The zero-order valence-corrected chi connectivity index (χ0v) is 5.57. The molecule has 62 valence electrons. The number of hydrogen-bond acceptors (Lipinski definition) is 6. The largest absolute Gasteiger partial charge is 0.516 e. The Kier molecular flexibility index (Phi) is 60.0. The molecule has 0 radical (unpaired) electrons. The van der Waals surface area contributed by atoms with Crippen LogP contribution in [-0.2, 0) is 9.59 Å². The third-order valence-electron chi connectivity index (χ3n) is 0.211. The first-order valence-electron chi connectivity index (χ1n) is 2.22. The van der Waals surface area contributed by atoms with E-state index >= 15 is 0 Å². The zero-order chi connectivity index (χ0) is 9.54. The van der Waals surface area contributed by atoms with Crippen molar-refractivity contribution >= 4 is 12.2 Å². The van der Waals surface area contributed by atoms with E-state index in [4.69, 9.17) is 30.6 Å². The molecule has 0 spiro atoms. The van der Waals surface area contributed by atoms with Crippen LogP contribution in [0.3, 0.4) is 0 Å². The topological polar surface area (TPSA) is 122 Å². The Morgan fingerprint density at radius 2 is 1.55 bits per heavy atom. The van der Waals surface area contributed by atoms with E-state index in [0.717, 1.165) is 18.4 Å². The molecule has 0 rings (SSSR count). The first-order valence-corrected chi connectivity index (χ1v) is 2.22. The van der Waals surface area contributed by atoms with Crippen molar-refractivity contribution in [2.75, 3.05) is 6.61 Å². The Hall–Kier alpha value is -1.74. The number of aliphatic hydroxyl groups excluding tert-OH is 2. The van der Waals surface area contributed by atoms with Crippen LogP contribution in [0.4, 0.5) is 0 Å². The molecule has 0 aromatic rings. The summed E-state index contributed by atoms with van der Waals surface area (Å²) in [6, 6.07) is 0. The summed E-state index contributed by atoms with van der Waals surface area (Å²) in [5.41, 5.74) is 0. The lowest BCUT2D eigenvalue weighted by Crippen LogP contribution is -1.66. The normalized spacial score (nSPS) is 5.91. The van der Waals surface area contributed by atoms with Crippen molar-refractivity contribution in [2.24, 2.45) is 0 Å². The molecule has 0 amide bonds. The molecule has 0 saturated heterocycles. The lowest BCUT2D eigenvalue weighted by molar-refractivity contribution is 0.337. The Labute approximate surface area is 62.8 Å². The van der Waals surface area contributed by atoms with Crippen LogP contribution in [0.25, 0.3) is 0 Å². The van der Waals surface area contributed by atoms with E-state index in [1.807, 2.05) is 0 Å². The van der Waals surface area contributed by atoms with Crippen LogP contribution in [0.15, 0.2) is 12.3 Å². The summed E-state index contributed by atoms with van der Waals surface area (Å²) in [4.78, 5) is 16.7. The van der Waals surface area contributed by atoms with E-state index in [-0.39, 0.29) is 6.61 Å². The maximum atomic E-state index is 8.35. The van der Waals surface area contributed by atoms with Crippen LogP contribution in [0.5, 0.6) is 0 Å². The van der Waals surface area contributed by atoms with Gasteiger partial charge >= 0.3 is 0 Å². The molecule has 0 aliphatic rings. The Balaban J connectivity index is -0.0000000933. The average molecular weight is 160 g/mol. The monoisotopic (exact) mass is 160 g/mol. The van der Waals surface area contributed by atoms with Crippen molar-refractivity contribution < 1.29 is 19.8 Å². The number of hydrogen-bond donors (Lipinski definition) is 4. The van der Waals surface area contributed by atoms with E-state index in [1.54, 1.807) is 0 Å². The third-order valence-corrected chi connectivity index (χ3v) is 0.211. The fourth-order valence-electron chi connectivity index (χ4n) is 0.0471. The van der Waals surface area contributed by atoms with E-state index in [0.29, 0.717) is 0 Å². The van der Waals surface area contributed by atoms with Gasteiger partial charge < -0.3 is 10.2 Å². The van der Waals surface area contributed by atoms with Crippen LogP contribution in [-0.4, -0.2) is 29.0 Å². The number of nitrogens with one attached hydrogen (secondary N) is 2. The van der Waals surface area contributed by atoms with Gasteiger partial charge in [0.15, 0.2) is 0 Å². The molecule has 0 aromatic carbocycles. The van der Waals surface area contributed by atoms with Gasteiger partial charge in [0.05, 0.1) is 12.9 Å². The van der Waals surface area contributed by atoms with Gasteiger partial charge in [-0.2, -0.15) is 0 Å². The van der Waals surface area contributed by atoms with E-state index in [2.05, 4.69) is 0 Å². The lowest BCUT2D eigenvalue weighted by Gasteiger charge is -1.66. The molecule has 6 nitrogen and oxygen atoms in total. The smallest absolute Gasteiger partial charge is 0.231 e. The SMILES string of the molecule is N=C=O.N=C=O.OC=CCO. The first kappa shape index (κ1) is 16.1. The lowest BCUT2D eigenvalue weighted by atomic mass is 10.7. The average Bonchev–Trinajstić information content (AvgIpc) is 1.92. The van der Waals surface area contributed by atoms with Crippen LogP contribution in [0.1, 0.15) is 0 Å². The van der Waals surface area contributed by atoms with Gasteiger partial charge in [0, 0.05) is 0 Å². The molecule has 0 aliphatic heterocycles. The van der Waals surface area contributed by atoms with Gasteiger partial charge in [-0.25, -0.2) is 20.4 Å². The minimum Gasteiger partial charge on any atom is -0.516 e. The van der Waals surface area contributed by atoms with Crippen LogP contribution in [0, 0.1) is 10.8 Å². The zero-order valence-electron chi connectivity index (χ0n) is 5.57. The quantitative estimate of drug-likeness (QED) is 0.242. The van der Waals surface area contributed by atoms with Crippen LogP contribution >= 0.6 is 0 Å².